The molecule has 13 heavy (non-hydrogen) atoms. The van der Waals surface area contributed by atoms with E-state index in [1.54, 1.807) is 17.1 Å². The Morgan fingerprint density at radius 3 is 2.85 bits per heavy atom. The summed E-state index contributed by atoms with van der Waals surface area (Å²) in [6.07, 6.45) is 5.61. The number of ether oxygens (including phenoxy) is 1. The molecular formula is C7H9ClN3NaO. The first-order valence-corrected chi connectivity index (χ1v) is 3.34. The van der Waals surface area contributed by atoms with Gasteiger partial charge in [-0.3, -0.25) is 0 Å². The van der Waals surface area contributed by atoms with Crippen molar-refractivity contribution < 1.29 is 46.7 Å². The van der Waals surface area contributed by atoms with E-state index in [1.165, 1.54) is 0 Å². The van der Waals surface area contributed by atoms with Crippen molar-refractivity contribution in [2.75, 3.05) is 6.61 Å². The van der Waals surface area contributed by atoms with Gasteiger partial charge in [-0.1, -0.05) is 0 Å². The predicted octanol–water partition coefficient (Wildman–Crippen LogP) is -5.22. The SMILES string of the molecule is N#CCCOCn1ccnc1.[Cl-].[Na+]. The third-order valence-electron chi connectivity index (χ3n) is 1.16. The number of nitrogens with zero attached hydrogens (tertiary/aromatic N) is 3. The van der Waals surface area contributed by atoms with Crippen LogP contribution in [-0.2, 0) is 11.5 Å². The summed E-state index contributed by atoms with van der Waals surface area (Å²) in [5.74, 6) is 0. The summed E-state index contributed by atoms with van der Waals surface area (Å²) in [6.45, 7) is 0.955. The van der Waals surface area contributed by atoms with E-state index in [1.807, 2.05) is 12.3 Å². The molecule has 0 spiro atoms. The Morgan fingerprint density at radius 1 is 1.54 bits per heavy atom. The van der Waals surface area contributed by atoms with Gasteiger partial charge in [-0.2, -0.15) is 5.26 Å². The maximum Gasteiger partial charge on any atom is 1.00 e. The van der Waals surface area contributed by atoms with Gasteiger partial charge >= 0.3 is 29.6 Å². The van der Waals surface area contributed by atoms with Crippen LogP contribution < -0.4 is 42.0 Å². The summed E-state index contributed by atoms with van der Waals surface area (Å²) in [6, 6.07) is 2.00. The molecule has 0 N–H and O–H groups in total. The monoisotopic (exact) mass is 209 g/mol. The van der Waals surface area contributed by atoms with Crippen molar-refractivity contribution >= 4 is 0 Å². The molecule has 66 valence electrons. The number of imidazole rings is 1. The number of hydrogen-bond acceptors (Lipinski definition) is 3. The Morgan fingerprint density at radius 2 is 2.31 bits per heavy atom. The number of aromatic nitrogens is 2. The summed E-state index contributed by atoms with van der Waals surface area (Å²) in [4.78, 5) is 3.84. The van der Waals surface area contributed by atoms with Gasteiger partial charge in [0, 0.05) is 12.4 Å². The third-order valence-corrected chi connectivity index (χ3v) is 1.16. The van der Waals surface area contributed by atoms with E-state index in [-0.39, 0.29) is 42.0 Å². The second kappa shape index (κ2) is 10.0. The van der Waals surface area contributed by atoms with E-state index in [4.69, 9.17) is 10.00 Å². The summed E-state index contributed by atoms with van der Waals surface area (Å²) in [5.41, 5.74) is 0. The van der Waals surface area contributed by atoms with Crippen molar-refractivity contribution in [3.63, 3.8) is 0 Å². The molecule has 0 aliphatic heterocycles. The van der Waals surface area contributed by atoms with Crippen molar-refractivity contribution in [3.8, 4) is 6.07 Å². The first kappa shape index (κ1) is 15.4. The average Bonchev–Trinajstić information content (AvgIpc) is 2.50. The van der Waals surface area contributed by atoms with Crippen LogP contribution in [0.3, 0.4) is 0 Å². The van der Waals surface area contributed by atoms with Crippen LogP contribution in [0.15, 0.2) is 18.7 Å². The molecule has 0 unspecified atom stereocenters. The van der Waals surface area contributed by atoms with Gasteiger partial charge in [0.2, 0.25) is 0 Å². The molecule has 0 saturated carbocycles. The molecule has 0 bridgehead atoms. The fourth-order valence-electron chi connectivity index (χ4n) is 0.651. The molecule has 1 aromatic rings. The Kier molecular flexibility index (Phi) is 11.9. The van der Waals surface area contributed by atoms with Crippen LogP contribution in [0.5, 0.6) is 0 Å². The summed E-state index contributed by atoms with van der Waals surface area (Å²) >= 11 is 0. The van der Waals surface area contributed by atoms with Crippen molar-refractivity contribution in [3.05, 3.63) is 18.7 Å². The summed E-state index contributed by atoms with van der Waals surface area (Å²) in [7, 11) is 0. The Hall–Kier alpha value is -0.0500. The van der Waals surface area contributed by atoms with Crippen LogP contribution in [0, 0.1) is 11.3 Å². The fraction of sp³-hybridized carbons (Fsp3) is 0.429. The first-order valence-electron chi connectivity index (χ1n) is 3.34. The molecular weight excluding hydrogens is 201 g/mol. The summed E-state index contributed by atoms with van der Waals surface area (Å²) < 4.78 is 6.92. The molecule has 6 heteroatoms. The van der Waals surface area contributed by atoms with Crippen molar-refractivity contribution in [1.29, 1.82) is 5.26 Å². The molecule has 0 aromatic carbocycles. The van der Waals surface area contributed by atoms with Crippen LogP contribution in [0.4, 0.5) is 0 Å². The Balaban J connectivity index is 0. The Bertz CT molecular complexity index is 234. The maximum absolute atomic E-state index is 8.17. The predicted molar refractivity (Wildman–Crippen MR) is 38.4 cm³/mol. The van der Waals surface area contributed by atoms with E-state index in [0.29, 0.717) is 19.8 Å². The molecule has 1 rings (SSSR count). The molecule has 1 heterocycles. The largest absolute Gasteiger partial charge is 1.00 e. The molecule has 0 aliphatic carbocycles. The Labute approximate surface area is 106 Å². The third kappa shape index (κ3) is 7.05. The minimum atomic E-state index is 0. The smallest absolute Gasteiger partial charge is 1.00 e. The minimum absolute atomic E-state index is 0. The van der Waals surface area contributed by atoms with Gasteiger partial charge in [0.25, 0.3) is 0 Å². The van der Waals surface area contributed by atoms with Crippen molar-refractivity contribution in [2.45, 2.75) is 13.2 Å². The van der Waals surface area contributed by atoms with Crippen LogP contribution in [0.1, 0.15) is 6.42 Å². The number of nitriles is 1. The van der Waals surface area contributed by atoms with Crippen LogP contribution >= 0.6 is 0 Å². The zero-order chi connectivity index (χ0) is 7.94. The molecule has 0 atom stereocenters. The van der Waals surface area contributed by atoms with Crippen LogP contribution in [0.25, 0.3) is 0 Å². The molecule has 0 saturated heterocycles. The van der Waals surface area contributed by atoms with Crippen molar-refractivity contribution in [1.82, 2.24) is 9.55 Å². The second-order valence-electron chi connectivity index (χ2n) is 2.02. The fourth-order valence-corrected chi connectivity index (χ4v) is 0.651. The molecule has 1 aromatic heterocycles. The van der Waals surface area contributed by atoms with Gasteiger partial charge in [0.1, 0.15) is 6.73 Å². The zero-order valence-electron chi connectivity index (χ0n) is 7.48. The maximum atomic E-state index is 8.17. The quantitative estimate of drug-likeness (QED) is 0.368. The summed E-state index contributed by atoms with van der Waals surface area (Å²) in [5, 5.41) is 8.17. The van der Waals surface area contributed by atoms with Crippen LogP contribution in [0.2, 0.25) is 0 Å². The van der Waals surface area contributed by atoms with Gasteiger partial charge in [-0.15, -0.1) is 0 Å². The number of hydrogen-bond donors (Lipinski definition) is 0. The average molecular weight is 210 g/mol. The normalized spacial score (nSPS) is 7.92. The number of rotatable bonds is 4. The van der Waals surface area contributed by atoms with Gasteiger partial charge in [-0.25, -0.2) is 4.98 Å². The molecule has 0 aliphatic rings. The van der Waals surface area contributed by atoms with Gasteiger partial charge in [-0.05, 0) is 0 Å². The second-order valence-corrected chi connectivity index (χ2v) is 2.02. The molecule has 0 radical (unpaired) electrons. The molecule has 0 amide bonds. The van der Waals surface area contributed by atoms with Gasteiger partial charge < -0.3 is 21.7 Å². The molecule has 0 fully saturated rings. The van der Waals surface area contributed by atoms with Gasteiger partial charge in [0.15, 0.2) is 0 Å². The zero-order valence-corrected chi connectivity index (χ0v) is 10.2. The van der Waals surface area contributed by atoms with Crippen LogP contribution in [-0.4, -0.2) is 16.2 Å². The number of halogens is 1. The van der Waals surface area contributed by atoms with E-state index < -0.39 is 0 Å². The molecule has 4 nitrogen and oxygen atoms in total. The van der Waals surface area contributed by atoms with Gasteiger partial charge in [0.05, 0.1) is 25.4 Å². The van der Waals surface area contributed by atoms with E-state index in [2.05, 4.69) is 4.98 Å². The topological polar surface area (TPSA) is 50.8 Å². The minimum Gasteiger partial charge on any atom is -1.00 e. The van der Waals surface area contributed by atoms with E-state index in [0.717, 1.165) is 0 Å². The van der Waals surface area contributed by atoms with E-state index >= 15 is 0 Å². The first-order chi connectivity index (χ1) is 5.43. The van der Waals surface area contributed by atoms with E-state index in [9.17, 15) is 0 Å². The standard InChI is InChI=1S/C7H9N3O.ClH.Na/c8-2-1-5-11-7-10-4-3-9-6-10;;/h3-4,6H,1,5,7H2;1H;/q;;+1/p-1. The van der Waals surface area contributed by atoms with Crippen molar-refractivity contribution in [2.24, 2.45) is 0 Å².